The molecule has 4 heterocycles. The van der Waals surface area contributed by atoms with Crippen LogP contribution in [0.5, 0.6) is 11.6 Å². The standard InChI is InChI=1S/C23H21N7O4/c1-31-10-11-32-14-15-4-2-6-22(25-15)34-16-7-8-19-17(12-16)28-29-30(19)21-13-18(26-23(24)27-21)20-5-3-9-33-20/h2-9,12-13H,10-11,14H2,1H3,(H2,24,26,27). The van der Waals surface area contributed by atoms with Crippen LogP contribution >= 0.6 is 0 Å². The number of anilines is 1. The molecule has 4 aromatic heterocycles. The second-order valence-electron chi connectivity index (χ2n) is 7.21. The zero-order valence-electron chi connectivity index (χ0n) is 18.3. The van der Waals surface area contributed by atoms with Gasteiger partial charge in [0.2, 0.25) is 11.8 Å². The molecular formula is C23H21N7O4. The molecule has 0 amide bonds. The van der Waals surface area contributed by atoms with Crippen molar-refractivity contribution in [2.45, 2.75) is 6.61 Å². The maximum atomic E-state index is 5.93. The summed E-state index contributed by atoms with van der Waals surface area (Å²) >= 11 is 0. The number of pyridine rings is 1. The molecule has 1 aromatic carbocycles. The summed E-state index contributed by atoms with van der Waals surface area (Å²) in [4.78, 5) is 13.0. The lowest BCUT2D eigenvalue weighted by molar-refractivity contribution is 0.0600. The highest BCUT2D eigenvalue weighted by Gasteiger charge is 2.14. The Labute approximate surface area is 194 Å². The fraction of sp³-hybridized carbons (Fsp3) is 0.174. The number of methoxy groups -OCH3 is 1. The van der Waals surface area contributed by atoms with Gasteiger partial charge in [-0.3, -0.25) is 0 Å². The molecule has 5 rings (SSSR count). The van der Waals surface area contributed by atoms with E-state index in [1.807, 2.05) is 24.3 Å². The molecule has 0 aliphatic rings. The molecule has 0 fully saturated rings. The van der Waals surface area contributed by atoms with E-state index in [-0.39, 0.29) is 5.95 Å². The molecule has 0 aliphatic carbocycles. The molecule has 0 unspecified atom stereocenters. The summed E-state index contributed by atoms with van der Waals surface area (Å²) in [7, 11) is 1.63. The van der Waals surface area contributed by atoms with Gasteiger partial charge in [0.05, 0.1) is 37.3 Å². The van der Waals surface area contributed by atoms with E-state index in [0.717, 1.165) is 11.2 Å². The summed E-state index contributed by atoms with van der Waals surface area (Å²) in [6.07, 6.45) is 1.57. The van der Waals surface area contributed by atoms with E-state index in [4.69, 9.17) is 24.4 Å². The van der Waals surface area contributed by atoms with Gasteiger partial charge in [-0.2, -0.15) is 9.67 Å². The van der Waals surface area contributed by atoms with Crippen LogP contribution in [0, 0.1) is 0 Å². The Kier molecular flexibility index (Phi) is 6.10. The summed E-state index contributed by atoms with van der Waals surface area (Å²) in [5.74, 6) is 2.17. The third-order valence-corrected chi connectivity index (χ3v) is 4.82. The van der Waals surface area contributed by atoms with Gasteiger partial charge in [0, 0.05) is 25.3 Å². The molecule has 5 aromatic rings. The van der Waals surface area contributed by atoms with E-state index < -0.39 is 0 Å². The average Bonchev–Trinajstić information content (AvgIpc) is 3.52. The van der Waals surface area contributed by atoms with Crippen LogP contribution in [0.3, 0.4) is 0 Å². The van der Waals surface area contributed by atoms with Crippen molar-refractivity contribution in [1.29, 1.82) is 0 Å². The minimum Gasteiger partial charge on any atom is -0.463 e. The molecule has 0 bridgehead atoms. The maximum absolute atomic E-state index is 5.93. The SMILES string of the molecule is COCCOCc1cccc(Oc2ccc3c(c2)nnn3-c2cc(-c3ccco3)nc(N)n2)n1. The lowest BCUT2D eigenvalue weighted by Gasteiger charge is -2.08. The van der Waals surface area contributed by atoms with Crippen LogP contribution in [-0.4, -0.2) is 50.3 Å². The van der Waals surface area contributed by atoms with E-state index in [0.29, 0.717) is 54.2 Å². The number of aromatic nitrogens is 6. The molecule has 11 heteroatoms. The monoisotopic (exact) mass is 459 g/mol. The number of hydrogen-bond donors (Lipinski definition) is 1. The van der Waals surface area contributed by atoms with Crippen molar-refractivity contribution < 1.29 is 18.6 Å². The Bertz CT molecular complexity index is 1400. The second kappa shape index (κ2) is 9.65. The lowest BCUT2D eigenvalue weighted by atomic mass is 10.3. The van der Waals surface area contributed by atoms with Crippen LogP contribution in [0.25, 0.3) is 28.3 Å². The molecule has 172 valence electrons. The first-order valence-corrected chi connectivity index (χ1v) is 10.4. The Morgan fingerprint density at radius 1 is 1.00 bits per heavy atom. The molecule has 34 heavy (non-hydrogen) atoms. The number of fused-ring (bicyclic) bond motifs is 1. The van der Waals surface area contributed by atoms with Gasteiger partial charge in [0.25, 0.3) is 0 Å². The van der Waals surface area contributed by atoms with E-state index in [1.165, 1.54) is 0 Å². The number of nitrogens with two attached hydrogens (primary N) is 1. The van der Waals surface area contributed by atoms with Crippen LogP contribution in [0.2, 0.25) is 0 Å². The number of furan rings is 1. The Morgan fingerprint density at radius 3 is 2.79 bits per heavy atom. The molecule has 0 radical (unpaired) electrons. The molecule has 0 saturated heterocycles. The van der Waals surface area contributed by atoms with Crippen LogP contribution in [0.4, 0.5) is 5.95 Å². The van der Waals surface area contributed by atoms with Gasteiger partial charge < -0.3 is 24.4 Å². The number of benzene rings is 1. The highest BCUT2D eigenvalue weighted by atomic mass is 16.5. The van der Waals surface area contributed by atoms with Crippen LogP contribution in [0.15, 0.2) is 65.3 Å². The number of hydrogen-bond acceptors (Lipinski definition) is 10. The molecule has 0 atom stereocenters. The van der Waals surface area contributed by atoms with Gasteiger partial charge in [-0.05, 0) is 30.3 Å². The normalized spacial score (nSPS) is 11.2. The summed E-state index contributed by atoms with van der Waals surface area (Å²) in [5.41, 5.74) is 8.57. The highest BCUT2D eigenvalue weighted by molar-refractivity contribution is 5.78. The number of nitrogens with zero attached hydrogens (tertiary/aromatic N) is 6. The van der Waals surface area contributed by atoms with Crippen LogP contribution in [-0.2, 0) is 16.1 Å². The predicted octanol–water partition coefficient (Wildman–Crippen LogP) is 3.40. The Balaban J connectivity index is 1.37. The zero-order chi connectivity index (χ0) is 23.3. The first-order chi connectivity index (χ1) is 16.7. The summed E-state index contributed by atoms with van der Waals surface area (Å²) in [5, 5.41) is 8.48. The van der Waals surface area contributed by atoms with Crippen molar-refractivity contribution in [3.05, 3.63) is 66.6 Å². The van der Waals surface area contributed by atoms with Crippen molar-refractivity contribution in [3.63, 3.8) is 0 Å². The summed E-state index contributed by atoms with van der Waals surface area (Å²) in [6.45, 7) is 1.40. The minimum atomic E-state index is 0.102. The van der Waals surface area contributed by atoms with Crippen LogP contribution in [0.1, 0.15) is 5.69 Å². The summed E-state index contributed by atoms with van der Waals surface area (Å²) < 4.78 is 23.4. The Hall–Kier alpha value is -4.35. The Morgan fingerprint density at radius 2 is 1.94 bits per heavy atom. The third-order valence-electron chi connectivity index (χ3n) is 4.82. The topological polar surface area (TPSA) is 136 Å². The fourth-order valence-electron chi connectivity index (χ4n) is 3.28. The first-order valence-electron chi connectivity index (χ1n) is 10.4. The van der Waals surface area contributed by atoms with Gasteiger partial charge in [0.15, 0.2) is 11.6 Å². The highest BCUT2D eigenvalue weighted by Crippen LogP contribution is 2.26. The van der Waals surface area contributed by atoms with Crippen molar-refractivity contribution in [2.75, 3.05) is 26.1 Å². The van der Waals surface area contributed by atoms with Crippen LogP contribution < -0.4 is 10.5 Å². The van der Waals surface area contributed by atoms with E-state index in [1.54, 1.807) is 48.4 Å². The molecule has 0 saturated carbocycles. The lowest BCUT2D eigenvalue weighted by Crippen LogP contribution is -2.05. The van der Waals surface area contributed by atoms with Gasteiger partial charge in [0.1, 0.15) is 17.0 Å². The van der Waals surface area contributed by atoms with E-state index in [2.05, 4.69) is 25.3 Å². The van der Waals surface area contributed by atoms with Crippen molar-refractivity contribution in [1.82, 2.24) is 29.9 Å². The molecule has 0 aliphatic heterocycles. The van der Waals surface area contributed by atoms with Crippen molar-refractivity contribution in [2.24, 2.45) is 0 Å². The summed E-state index contributed by atoms with van der Waals surface area (Å²) in [6, 6.07) is 16.2. The average molecular weight is 459 g/mol. The van der Waals surface area contributed by atoms with E-state index >= 15 is 0 Å². The zero-order valence-corrected chi connectivity index (χ0v) is 18.3. The number of nitrogen functional groups attached to an aromatic ring is 1. The molecular weight excluding hydrogens is 438 g/mol. The van der Waals surface area contributed by atoms with Crippen molar-refractivity contribution in [3.8, 4) is 28.9 Å². The first kappa shape index (κ1) is 21.5. The minimum absolute atomic E-state index is 0.102. The quantitative estimate of drug-likeness (QED) is 0.327. The van der Waals surface area contributed by atoms with Gasteiger partial charge in [-0.25, -0.2) is 9.97 Å². The van der Waals surface area contributed by atoms with E-state index in [9.17, 15) is 0 Å². The smallest absolute Gasteiger partial charge is 0.222 e. The largest absolute Gasteiger partial charge is 0.463 e. The van der Waals surface area contributed by atoms with Crippen molar-refractivity contribution >= 4 is 17.0 Å². The fourth-order valence-corrected chi connectivity index (χ4v) is 3.28. The molecule has 11 nitrogen and oxygen atoms in total. The predicted molar refractivity (Wildman–Crippen MR) is 122 cm³/mol. The molecule has 2 N–H and O–H groups in total. The number of rotatable bonds is 9. The van der Waals surface area contributed by atoms with Gasteiger partial charge in [-0.15, -0.1) is 5.10 Å². The van der Waals surface area contributed by atoms with Gasteiger partial charge in [-0.1, -0.05) is 11.3 Å². The van der Waals surface area contributed by atoms with Gasteiger partial charge >= 0.3 is 0 Å². The second-order valence-corrected chi connectivity index (χ2v) is 7.21. The third kappa shape index (κ3) is 4.70. The maximum Gasteiger partial charge on any atom is 0.222 e. The number of ether oxygens (including phenoxy) is 3. The molecule has 0 spiro atoms.